The Kier molecular flexibility index (Phi) is 3.68. The van der Waals surface area contributed by atoms with Crippen molar-refractivity contribution in [2.45, 2.75) is 71.8 Å². The van der Waals surface area contributed by atoms with E-state index >= 15 is 0 Å². The van der Waals surface area contributed by atoms with Gasteiger partial charge in [0.2, 0.25) is 0 Å². The molecule has 1 heteroatoms. The van der Waals surface area contributed by atoms with Crippen molar-refractivity contribution in [1.82, 2.24) is 5.32 Å². The topological polar surface area (TPSA) is 12.0 Å². The van der Waals surface area contributed by atoms with Gasteiger partial charge in [-0.1, -0.05) is 18.6 Å². The van der Waals surface area contributed by atoms with Crippen LogP contribution in [-0.2, 0) is 0 Å². The third-order valence-corrected chi connectivity index (χ3v) is 4.41. The lowest BCUT2D eigenvalue weighted by Crippen LogP contribution is -2.50. The van der Waals surface area contributed by atoms with Crippen molar-refractivity contribution in [3.8, 4) is 0 Å². The molecule has 0 bridgehead atoms. The van der Waals surface area contributed by atoms with Crippen LogP contribution in [0, 0.1) is 11.3 Å². The van der Waals surface area contributed by atoms with Crippen molar-refractivity contribution in [2.24, 2.45) is 11.3 Å². The largest absolute Gasteiger partial charge is 0.311 e. The second kappa shape index (κ2) is 4.76. The van der Waals surface area contributed by atoms with Crippen LogP contribution in [0.2, 0.25) is 0 Å². The highest BCUT2D eigenvalue weighted by Gasteiger charge is 2.44. The van der Waals surface area contributed by atoms with Crippen molar-refractivity contribution in [3.05, 3.63) is 11.6 Å². The van der Waals surface area contributed by atoms with Crippen LogP contribution >= 0.6 is 0 Å². The summed E-state index contributed by atoms with van der Waals surface area (Å²) in [5, 5.41) is 3.74. The van der Waals surface area contributed by atoms with E-state index in [0.29, 0.717) is 5.41 Å². The molecule has 2 aliphatic carbocycles. The summed E-state index contributed by atoms with van der Waals surface area (Å²) in [6, 6.07) is 0. The van der Waals surface area contributed by atoms with E-state index in [9.17, 15) is 0 Å². The van der Waals surface area contributed by atoms with E-state index in [-0.39, 0.29) is 5.54 Å². The maximum Gasteiger partial charge on any atom is 0.00968 e. The van der Waals surface area contributed by atoms with Crippen LogP contribution in [0.25, 0.3) is 0 Å². The highest BCUT2D eigenvalue weighted by Crippen LogP contribution is 2.52. The molecule has 98 valence electrons. The van der Waals surface area contributed by atoms with Crippen LogP contribution in [0.4, 0.5) is 0 Å². The number of hydrogen-bond acceptors (Lipinski definition) is 1. The van der Waals surface area contributed by atoms with Gasteiger partial charge in [-0.2, -0.15) is 0 Å². The predicted molar refractivity (Wildman–Crippen MR) is 75.1 cm³/mol. The van der Waals surface area contributed by atoms with Crippen LogP contribution in [0.5, 0.6) is 0 Å². The molecule has 1 saturated carbocycles. The smallest absolute Gasteiger partial charge is 0.00968 e. The van der Waals surface area contributed by atoms with E-state index in [4.69, 9.17) is 0 Å². The molecule has 1 N–H and O–H groups in total. The molecule has 0 spiro atoms. The number of hydrogen-bond donors (Lipinski definition) is 1. The first-order chi connectivity index (χ1) is 7.91. The van der Waals surface area contributed by atoms with E-state index in [1.165, 1.54) is 45.1 Å². The summed E-state index contributed by atoms with van der Waals surface area (Å²) >= 11 is 0. The Morgan fingerprint density at radius 2 is 2.00 bits per heavy atom. The van der Waals surface area contributed by atoms with E-state index in [1.807, 2.05) is 0 Å². The monoisotopic (exact) mass is 235 g/mol. The molecule has 0 saturated heterocycles. The molecule has 0 heterocycles. The molecular formula is C16H29N. The average molecular weight is 235 g/mol. The van der Waals surface area contributed by atoms with Gasteiger partial charge in [-0.25, -0.2) is 0 Å². The van der Waals surface area contributed by atoms with Crippen LogP contribution in [0.3, 0.4) is 0 Å². The maximum absolute atomic E-state index is 3.74. The highest BCUT2D eigenvalue weighted by molar-refractivity contribution is 5.22. The second-order valence-electron chi connectivity index (χ2n) is 7.37. The number of rotatable bonds is 3. The lowest BCUT2D eigenvalue weighted by Gasteiger charge is -2.50. The van der Waals surface area contributed by atoms with E-state index in [1.54, 1.807) is 5.57 Å². The molecular weight excluding hydrogens is 206 g/mol. The fraction of sp³-hybridized carbons (Fsp3) is 0.875. The van der Waals surface area contributed by atoms with Gasteiger partial charge in [0, 0.05) is 17.5 Å². The van der Waals surface area contributed by atoms with Gasteiger partial charge in [0.25, 0.3) is 0 Å². The summed E-state index contributed by atoms with van der Waals surface area (Å²) in [4.78, 5) is 0. The first-order valence-corrected chi connectivity index (χ1v) is 7.36. The van der Waals surface area contributed by atoms with Gasteiger partial charge in [-0.3, -0.25) is 0 Å². The standard InChI is InChI=1S/C16H29N/c1-13-10-16(11-13,12-17-15(2,3)4)14-8-6-5-7-9-14/h8,13,17H,5-7,9-12H2,1-4H3. The Morgan fingerprint density at radius 3 is 2.47 bits per heavy atom. The van der Waals surface area contributed by atoms with Crippen molar-refractivity contribution < 1.29 is 0 Å². The Morgan fingerprint density at radius 1 is 1.29 bits per heavy atom. The molecule has 0 aromatic carbocycles. The summed E-state index contributed by atoms with van der Waals surface area (Å²) in [7, 11) is 0. The fourth-order valence-electron chi connectivity index (χ4n) is 3.55. The van der Waals surface area contributed by atoms with Crippen LogP contribution < -0.4 is 5.32 Å². The third kappa shape index (κ3) is 3.13. The van der Waals surface area contributed by atoms with Crippen molar-refractivity contribution in [2.75, 3.05) is 6.54 Å². The van der Waals surface area contributed by atoms with Gasteiger partial charge in [0.1, 0.15) is 0 Å². The van der Waals surface area contributed by atoms with E-state index in [2.05, 4.69) is 39.1 Å². The van der Waals surface area contributed by atoms with Crippen LogP contribution in [0.1, 0.15) is 66.2 Å². The molecule has 1 fully saturated rings. The lowest BCUT2D eigenvalue weighted by molar-refractivity contribution is 0.0916. The molecule has 2 rings (SSSR count). The summed E-state index contributed by atoms with van der Waals surface area (Å²) in [6.07, 6.45) is 10.9. The summed E-state index contributed by atoms with van der Waals surface area (Å²) < 4.78 is 0. The van der Waals surface area contributed by atoms with Crippen molar-refractivity contribution in [1.29, 1.82) is 0 Å². The minimum absolute atomic E-state index is 0.251. The molecule has 0 aromatic heterocycles. The maximum atomic E-state index is 3.74. The fourth-order valence-corrected chi connectivity index (χ4v) is 3.55. The van der Waals surface area contributed by atoms with Gasteiger partial charge in [-0.05, 0) is 65.2 Å². The number of nitrogens with one attached hydrogen (secondary N) is 1. The van der Waals surface area contributed by atoms with Gasteiger partial charge in [-0.15, -0.1) is 0 Å². The molecule has 17 heavy (non-hydrogen) atoms. The lowest BCUT2D eigenvalue weighted by atomic mass is 9.57. The van der Waals surface area contributed by atoms with Crippen molar-refractivity contribution >= 4 is 0 Å². The predicted octanol–water partition coefficient (Wildman–Crippen LogP) is 4.29. The summed E-state index contributed by atoms with van der Waals surface area (Å²) in [5.74, 6) is 0.930. The van der Waals surface area contributed by atoms with Gasteiger partial charge in [0.15, 0.2) is 0 Å². The zero-order chi connectivity index (χ0) is 12.5. The summed E-state index contributed by atoms with van der Waals surface area (Å²) in [5.41, 5.74) is 2.55. The zero-order valence-electron chi connectivity index (χ0n) is 12.1. The van der Waals surface area contributed by atoms with Crippen LogP contribution in [0.15, 0.2) is 11.6 Å². The first kappa shape index (κ1) is 13.1. The van der Waals surface area contributed by atoms with Crippen molar-refractivity contribution in [3.63, 3.8) is 0 Å². The molecule has 0 atom stereocenters. The molecule has 0 amide bonds. The molecule has 0 unspecified atom stereocenters. The molecule has 0 radical (unpaired) electrons. The Labute approximate surface area is 107 Å². The van der Waals surface area contributed by atoms with Gasteiger partial charge >= 0.3 is 0 Å². The second-order valence-corrected chi connectivity index (χ2v) is 7.37. The van der Waals surface area contributed by atoms with Gasteiger partial charge in [0.05, 0.1) is 0 Å². The SMILES string of the molecule is CC1CC(CNC(C)(C)C)(C2=CCCCC2)C1. The Bertz CT molecular complexity index is 289. The normalized spacial score (nSPS) is 34.1. The first-order valence-electron chi connectivity index (χ1n) is 7.36. The van der Waals surface area contributed by atoms with E-state index in [0.717, 1.165) is 5.92 Å². The number of allylic oxidation sites excluding steroid dienone is 1. The third-order valence-electron chi connectivity index (χ3n) is 4.41. The highest BCUT2D eigenvalue weighted by atomic mass is 15.0. The molecule has 0 aliphatic heterocycles. The van der Waals surface area contributed by atoms with Crippen LogP contribution in [-0.4, -0.2) is 12.1 Å². The van der Waals surface area contributed by atoms with E-state index < -0.39 is 0 Å². The quantitative estimate of drug-likeness (QED) is 0.720. The minimum Gasteiger partial charge on any atom is -0.311 e. The summed E-state index contributed by atoms with van der Waals surface area (Å²) in [6.45, 7) is 10.4. The van der Waals surface area contributed by atoms with Gasteiger partial charge < -0.3 is 5.32 Å². The molecule has 1 nitrogen and oxygen atoms in total. The Hall–Kier alpha value is -0.300. The molecule has 2 aliphatic rings. The Balaban J connectivity index is 2.02. The minimum atomic E-state index is 0.251. The zero-order valence-corrected chi connectivity index (χ0v) is 12.1. The average Bonchev–Trinajstić information content (AvgIpc) is 2.23. The molecule has 0 aromatic rings.